The Bertz CT molecular complexity index is 880. The number of benzene rings is 2. The molecule has 0 radical (unpaired) electrons. The molecule has 0 saturated heterocycles. The third-order valence-electron chi connectivity index (χ3n) is 9.34. The van der Waals surface area contributed by atoms with Crippen LogP contribution in [0.3, 0.4) is 0 Å². The molecule has 0 saturated carbocycles. The lowest BCUT2D eigenvalue weighted by Crippen LogP contribution is -2.25. The lowest BCUT2D eigenvalue weighted by Gasteiger charge is -2.33. The van der Waals surface area contributed by atoms with E-state index >= 15 is 0 Å². The second kappa shape index (κ2) is 10.2. The van der Waals surface area contributed by atoms with Gasteiger partial charge in [-0.3, -0.25) is 0 Å². The molecule has 2 heteroatoms. The van der Waals surface area contributed by atoms with Crippen LogP contribution < -0.4 is 11.5 Å². The highest BCUT2D eigenvalue weighted by molar-refractivity contribution is 5.63. The number of hydrogen-bond donors (Lipinski definition) is 2. The van der Waals surface area contributed by atoms with E-state index in [4.69, 9.17) is 11.5 Å². The topological polar surface area (TPSA) is 52.0 Å². The van der Waals surface area contributed by atoms with Crippen molar-refractivity contribution in [2.24, 2.45) is 0 Å². The van der Waals surface area contributed by atoms with Crippen LogP contribution in [-0.2, 0) is 28.1 Å². The Hall–Kier alpha value is -1.96. The number of nitrogen functional groups attached to an aromatic ring is 2. The molecule has 0 spiro atoms. The molecule has 0 fully saturated rings. The van der Waals surface area contributed by atoms with Crippen molar-refractivity contribution in [3.63, 3.8) is 0 Å². The minimum absolute atomic E-state index is 0.0322. The fraction of sp³-hybridized carbons (Fsp3) is 0.636. The Kier molecular flexibility index (Phi) is 8.52. The lowest BCUT2D eigenvalue weighted by molar-refractivity contribution is 0.490. The SMILES string of the molecule is CCC(C)(C)c1cc(Cc2cc(C(C)(C)CC)c(N)c(C(C)(C)CC)c2)cc(C(C)(C)CC)c1N. The van der Waals surface area contributed by atoms with E-state index in [0.717, 1.165) is 43.5 Å². The van der Waals surface area contributed by atoms with Gasteiger partial charge in [-0.15, -0.1) is 0 Å². The minimum atomic E-state index is 0.0322. The molecule has 0 aliphatic carbocycles. The molecule has 4 N–H and O–H groups in total. The van der Waals surface area contributed by atoms with Crippen LogP contribution in [0.5, 0.6) is 0 Å². The summed E-state index contributed by atoms with van der Waals surface area (Å²) in [6, 6.07) is 9.50. The minimum Gasteiger partial charge on any atom is -0.398 e. The van der Waals surface area contributed by atoms with Crippen LogP contribution in [-0.4, -0.2) is 0 Å². The largest absolute Gasteiger partial charge is 0.398 e. The first-order valence-electron chi connectivity index (χ1n) is 13.8. The highest BCUT2D eigenvalue weighted by Crippen LogP contribution is 2.42. The third-order valence-corrected chi connectivity index (χ3v) is 9.34. The highest BCUT2D eigenvalue weighted by Gasteiger charge is 2.30. The van der Waals surface area contributed by atoms with E-state index in [9.17, 15) is 0 Å². The zero-order valence-corrected chi connectivity index (χ0v) is 25.0. The molecule has 0 atom stereocenters. The van der Waals surface area contributed by atoms with Crippen molar-refractivity contribution in [3.8, 4) is 0 Å². The van der Waals surface area contributed by atoms with Gasteiger partial charge in [0.2, 0.25) is 0 Å². The number of rotatable bonds is 10. The number of nitrogens with two attached hydrogens (primary N) is 2. The molecule has 0 unspecified atom stereocenters. The quantitative estimate of drug-likeness (QED) is 0.334. The molecule has 0 aliphatic rings. The molecule has 35 heavy (non-hydrogen) atoms. The average molecular weight is 479 g/mol. The van der Waals surface area contributed by atoms with Gasteiger partial charge >= 0.3 is 0 Å². The Labute approximate surface area is 217 Å². The normalized spacial score (nSPS) is 13.4. The van der Waals surface area contributed by atoms with Crippen LogP contribution in [0.1, 0.15) is 142 Å². The van der Waals surface area contributed by atoms with E-state index in [1.54, 1.807) is 0 Å². The van der Waals surface area contributed by atoms with Crippen LogP contribution >= 0.6 is 0 Å². The van der Waals surface area contributed by atoms with Crippen LogP contribution in [0.25, 0.3) is 0 Å². The Morgan fingerprint density at radius 1 is 0.457 bits per heavy atom. The van der Waals surface area contributed by atoms with Crippen molar-refractivity contribution >= 4 is 11.4 Å². The van der Waals surface area contributed by atoms with Crippen LogP contribution in [0.2, 0.25) is 0 Å². The summed E-state index contributed by atoms with van der Waals surface area (Å²) in [6.07, 6.45) is 5.10. The van der Waals surface area contributed by atoms with Crippen molar-refractivity contribution in [2.75, 3.05) is 11.5 Å². The number of hydrogen-bond acceptors (Lipinski definition) is 2. The van der Waals surface area contributed by atoms with Crippen molar-refractivity contribution in [2.45, 2.75) is 137 Å². The van der Waals surface area contributed by atoms with Gasteiger partial charge < -0.3 is 11.5 Å². The Morgan fingerprint density at radius 3 is 0.829 bits per heavy atom. The summed E-state index contributed by atoms with van der Waals surface area (Å²) in [5.74, 6) is 0. The lowest BCUT2D eigenvalue weighted by atomic mass is 9.72. The standard InChI is InChI=1S/C33H54N2/c1-13-30(5,6)24-18-22(19-25(28(24)34)31(7,8)14-2)17-23-20-26(32(9,10)15-3)29(35)27(21-23)33(11,12)16-4/h18-21H,13-17,34-35H2,1-12H3. The Balaban J connectivity index is 2.81. The maximum absolute atomic E-state index is 6.87. The van der Waals surface area contributed by atoms with Gasteiger partial charge in [0.25, 0.3) is 0 Å². The zero-order valence-electron chi connectivity index (χ0n) is 25.0. The van der Waals surface area contributed by atoms with E-state index in [1.165, 1.54) is 33.4 Å². The smallest absolute Gasteiger partial charge is 0.0390 e. The first-order valence-corrected chi connectivity index (χ1v) is 13.8. The van der Waals surface area contributed by atoms with Crippen molar-refractivity contribution < 1.29 is 0 Å². The summed E-state index contributed by atoms with van der Waals surface area (Å²) in [6.45, 7) is 27.6. The monoisotopic (exact) mass is 478 g/mol. The van der Waals surface area contributed by atoms with Crippen LogP contribution in [0, 0.1) is 0 Å². The van der Waals surface area contributed by atoms with Gasteiger partial charge in [-0.25, -0.2) is 0 Å². The van der Waals surface area contributed by atoms with E-state index in [2.05, 4.69) is 107 Å². The molecule has 2 aromatic rings. The summed E-state index contributed by atoms with van der Waals surface area (Å²) < 4.78 is 0. The first-order chi connectivity index (χ1) is 16.0. The summed E-state index contributed by atoms with van der Waals surface area (Å²) >= 11 is 0. The van der Waals surface area contributed by atoms with Crippen molar-refractivity contribution in [1.29, 1.82) is 0 Å². The maximum Gasteiger partial charge on any atom is 0.0390 e. The van der Waals surface area contributed by atoms with Gasteiger partial charge in [-0.2, -0.15) is 0 Å². The van der Waals surface area contributed by atoms with E-state index in [1.807, 2.05) is 0 Å². The van der Waals surface area contributed by atoms with Gasteiger partial charge in [0.15, 0.2) is 0 Å². The predicted molar refractivity (Wildman–Crippen MR) is 158 cm³/mol. The summed E-state index contributed by atoms with van der Waals surface area (Å²) in [4.78, 5) is 0. The Morgan fingerprint density at radius 2 is 0.657 bits per heavy atom. The number of anilines is 2. The second-order valence-electron chi connectivity index (χ2n) is 13.3. The molecule has 0 heterocycles. The van der Waals surface area contributed by atoms with E-state index < -0.39 is 0 Å². The van der Waals surface area contributed by atoms with Gasteiger partial charge in [0, 0.05) is 11.4 Å². The van der Waals surface area contributed by atoms with Gasteiger partial charge in [0.1, 0.15) is 0 Å². The molecule has 2 rings (SSSR count). The summed E-state index contributed by atoms with van der Waals surface area (Å²) in [7, 11) is 0. The molecule has 0 bridgehead atoms. The van der Waals surface area contributed by atoms with Gasteiger partial charge in [-0.1, -0.05) is 107 Å². The van der Waals surface area contributed by atoms with Crippen molar-refractivity contribution in [3.05, 3.63) is 57.6 Å². The summed E-state index contributed by atoms with van der Waals surface area (Å²) in [5, 5.41) is 0. The molecule has 2 aromatic carbocycles. The van der Waals surface area contributed by atoms with Crippen LogP contribution in [0.4, 0.5) is 11.4 Å². The highest BCUT2D eigenvalue weighted by atomic mass is 14.6. The second-order valence-corrected chi connectivity index (χ2v) is 13.3. The fourth-order valence-corrected chi connectivity index (χ4v) is 4.87. The van der Waals surface area contributed by atoms with E-state index in [0.29, 0.717) is 0 Å². The van der Waals surface area contributed by atoms with Gasteiger partial charge in [-0.05, 0) is 87.1 Å². The molecular weight excluding hydrogens is 424 g/mol. The molecule has 0 amide bonds. The predicted octanol–water partition coefficient (Wildman–Crippen LogP) is 9.19. The van der Waals surface area contributed by atoms with Gasteiger partial charge in [0.05, 0.1) is 0 Å². The molecular formula is C33H54N2. The summed E-state index contributed by atoms with van der Waals surface area (Å²) in [5.41, 5.74) is 23.7. The van der Waals surface area contributed by atoms with Crippen LogP contribution in [0.15, 0.2) is 24.3 Å². The fourth-order valence-electron chi connectivity index (χ4n) is 4.87. The average Bonchev–Trinajstić information content (AvgIpc) is 2.80. The molecule has 196 valence electrons. The zero-order chi connectivity index (χ0) is 27.0. The molecule has 0 aromatic heterocycles. The molecule has 0 aliphatic heterocycles. The molecule has 2 nitrogen and oxygen atoms in total. The van der Waals surface area contributed by atoms with Crippen molar-refractivity contribution in [1.82, 2.24) is 0 Å². The first kappa shape index (κ1) is 29.3. The maximum atomic E-state index is 6.87. The third kappa shape index (κ3) is 5.89. The van der Waals surface area contributed by atoms with E-state index in [-0.39, 0.29) is 21.7 Å².